The maximum atomic E-state index is 13.5. The molecule has 9 heteroatoms. The van der Waals surface area contributed by atoms with Crippen LogP contribution in [0.15, 0.2) is 77.7 Å². The summed E-state index contributed by atoms with van der Waals surface area (Å²) in [4.78, 5) is 26.8. The van der Waals surface area contributed by atoms with Crippen molar-refractivity contribution < 1.29 is 22.7 Å². The number of nitrogens with zero attached hydrogens (tertiary/aromatic N) is 3. The summed E-state index contributed by atoms with van der Waals surface area (Å²) in [5, 5.41) is 8.97. The van der Waals surface area contributed by atoms with Gasteiger partial charge in [0, 0.05) is 6.54 Å². The van der Waals surface area contributed by atoms with Crippen molar-refractivity contribution in [1.82, 2.24) is 4.31 Å². The molecule has 2 aliphatic rings. The Bertz CT molecular complexity index is 1460. The number of benzene rings is 3. The van der Waals surface area contributed by atoms with Gasteiger partial charge < -0.3 is 9.64 Å². The molecule has 1 fully saturated rings. The second-order valence-corrected chi connectivity index (χ2v) is 10.6. The normalized spacial score (nSPS) is 17.8. The summed E-state index contributed by atoms with van der Waals surface area (Å²) in [6.07, 6.45) is 1.38. The Balaban J connectivity index is 1.37. The Morgan fingerprint density at radius 2 is 1.75 bits per heavy atom. The monoisotopic (exact) mass is 501 g/mol. The lowest BCUT2D eigenvalue weighted by molar-refractivity contribution is -0.114. The fraction of sp³-hybridized carbons (Fsp3) is 0.222. The second kappa shape index (κ2) is 9.57. The van der Waals surface area contributed by atoms with Crippen molar-refractivity contribution in [1.29, 1.82) is 5.26 Å². The van der Waals surface area contributed by atoms with Gasteiger partial charge in [0.25, 0.3) is 11.7 Å². The molecule has 3 aromatic rings. The van der Waals surface area contributed by atoms with E-state index < -0.39 is 21.7 Å². The third-order valence-electron chi connectivity index (χ3n) is 6.48. The quantitative estimate of drug-likeness (QED) is 0.459. The number of ether oxygens (including phenoxy) is 1. The van der Waals surface area contributed by atoms with Crippen molar-refractivity contribution in [3.8, 4) is 11.8 Å². The smallest absolute Gasteiger partial charge is 0.299 e. The molecule has 5 rings (SSSR count). The molecule has 0 spiro atoms. The van der Waals surface area contributed by atoms with Gasteiger partial charge in [-0.1, -0.05) is 30.3 Å². The number of hydrogen-bond donors (Lipinski definition) is 0. The fourth-order valence-corrected chi connectivity index (χ4v) is 6.31. The Morgan fingerprint density at radius 1 is 1.00 bits per heavy atom. The first kappa shape index (κ1) is 23.7. The van der Waals surface area contributed by atoms with E-state index in [9.17, 15) is 18.0 Å². The summed E-state index contributed by atoms with van der Waals surface area (Å²) >= 11 is 0. The van der Waals surface area contributed by atoms with Crippen LogP contribution >= 0.6 is 0 Å². The molecule has 1 saturated heterocycles. The molecule has 0 bridgehead atoms. The molecule has 0 N–H and O–H groups in total. The summed E-state index contributed by atoms with van der Waals surface area (Å²) in [7, 11) is -3.90. The highest BCUT2D eigenvalue weighted by molar-refractivity contribution is 7.89. The average Bonchev–Trinajstić information content (AvgIpc) is 3.48. The Hall–Kier alpha value is -4.00. The van der Waals surface area contributed by atoms with E-state index in [1.807, 2.05) is 36.4 Å². The molecule has 0 radical (unpaired) electrons. The lowest BCUT2D eigenvalue weighted by Gasteiger charge is -2.24. The Morgan fingerprint density at radius 3 is 2.47 bits per heavy atom. The molecule has 182 valence electrons. The summed E-state index contributed by atoms with van der Waals surface area (Å²) < 4.78 is 34.3. The lowest BCUT2D eigenvalue weighted by atomic mass is 10.1. The third kappa shape index (κ3) is 4.37. The van der Waals surface area contributed by atoms with Crippen LogP contribution in [0.5, 0.6) is 5.75 Å². The van der Waals surface area contributed by atoms with Crippen molar-refractivity contribution in [2.75, 3.05) is 18.1 Å². The van der Waals surface area contributed by atoms with Crippen LogP contribution in [0.1, 0.15) is 34.3 Å². The van der Waals surface area contributed by atoms with Crippen LogP contribution in [-0.2, 0) is 21.4 Å². The molecule has 0 aliphatic carbocycles. The first-order valence-corrected chi connectivity index (χ1v) is 13.0. The first-order valence-electron chi connectivity index (χ1n) is 11.6. The number of fused-ring (bicyclic) bond motifs is 1. The zero-order valence-corrected chi connectivity index (χ0v) is 20.1. The number of hydrogen-bond acceptors (Lipinski definition) is 6. The van der Waals surface area contributed by atoms with Crippen molar-refractivity contribution >= 4 is 27.4 Å². The first-order chi connectivity index (χ1) is 17.4. The van der Waals surface area contributed by atoms with Crippen LogP contribution in [0, 0.1) is 11.3 Å². The van der Waals surface area contributed by atoms with E-state index >= 15 is 0 Å². The highest BCUT2D eigenvalue weighted by Gasteiger charge is 2.40. The minimum atomic E-state index is -3.90. The van der Waals surface area contributed by atoms with Crippen LogP contribution in [0.25, 0.3) is 0 Å². The summed E-state index contributed by atoms with van der Waals surface area (Å²) in [6, 6.07) is 21.9. The summed E-state index contributed by atoms with van der Waals surface area (Å²) in [6.45, 7) is 0.726. The van der Waals surface area contributed by atoms with Crippen molar-refractivity contribution in [2.45, 2.75) is 30.3 Å². The zero-order valence-electron chi connectivity index (χ0n) is 19.3. The van der Waals surface area contributed by atoms with E-state index in [4.69, 9.17) is 10.00 Å². The number of anilines is 1. The molecule has 2 aliphatic heterocycles. The fourth-order valence-electron chi connectivity index (χ4n) is 4.60. The number of para-hydroxylation sites is 1. The molecule has 2 heterocycles. The van der Waals surface area contributed by atoms with E-state index in [2.05, 4.69) is 0 Å². The maximum Gasteiger partial charge on any atom is 0.299 e. The standard InChI is InChI=1S/C27H23N3O5S/c28-16-19-8-10-20(11-9-19)17-29-25-13-12-23(15-24(25)26(31)27(29)32)36(33,34)30-14-4-5-21(30)18-35-22-6-2-1-3-7-22/h1-3,6-13,15,21H,4-5,14,17-18H2. The summed E-state index contributed by atoms with van der Waals surface area (Å²) in [5.74, 6) is -0.772. The SMILES string of the molecule is N#Cc1ccc(CN2C(=O)C(=O)c3cc(S(=O)(=O)N4CCCC4COc4ccccc4)ccc32)cc1. The largest absolute Gasteiger partial charge is 0.492 e. The van der Waals surface area contributed by atoms with E-state index in [1.165, 1.54) is 27.4 Å². The van der Waals surface area contributed by atoms with E-state index in [-0.39, 0.29) is 29.7 Å². The predicted molar refractivity (Wildman–Crippen MR) is 132 cm³/mol. The molecule has 3 aromatic carbocycles. The number of Topliss-reactive ketones (excluding diaryl/α,β-unsaturated/α-hetero) is 1. The number of nitriles is 1. The number of sulfonamides is 1. The van der Waals surface area contributed by atoms with Crippen LogP contribution in [0.2, 0.25) is 0 Å². The van der Waals surface area contributed by atoms with Gasteiger partial charge in [-0.2, -0.15) is 9.57 Å². The molecular formula is C27H23N3O5S. The van der Waals surface area contributed by atoms with Gasteiger partial charge in [-0.05, 0) is 60.9 Å². The van der Waals surface area contributed by atoms with Gasteiger partial charge >= 0.3 is 0 Å². The lowest BCUT2D eigenvalue weighted by Crippen LogP contribution is -2.39. The van der Waals surface area contributed by atoms with E-state index in [0.29, 0.717) is 36.4 Å². The Kier molecular flexibility index (Phi) is 6.31. The highest BCUT2D eigenvalue weighted by Crippen LogP contribution is 2.34. The number of ketones is 1. The van der Waals surface area contributed by atoms with Crippen molar-refractivity contribution in [2.24, 2.45) is 0 Å². The molecular weight excluding hydrogens is 478 g/mol. The minimum Gasteiger partial charge on any atom is -0.492 e. The minimum absolute atomic E-state index is 0.0192. The number of carbonyl (C=O) groups excluding carboxylic acids is 2. The average molecular weight is 502 g/mol. The van der Waals surface area contributed by atoms with Gasteiger partial charge in [0.05, 0.1) is 40.4 Å². The molecule has 1 unspecified atom stereocenters. The number of amides is 1. The highest BCUT2D eigenvalue weighted by atomic mass is 32.2. The van der Waals surface area contributed by atoms with Crippen molar-refractivity contribution in [3.63, 3.8) is 0 Å². The van der Waals surface area contributed by atoms with Gasteiger partial charge in [0.1, 0.15) is 12.4 Å². The van der Waals surface area contributed by atoms with Gasteiger partial charge in [-0.25, -0.2) is 8.42 Å². The van der Waals surface area contributed by atoms with Gasteiger partial charge in [-0.15, -0.1) is 0 Å². The van der Waals surface area contributed by atoms with Crippen LogP contribution in [0.3, 0.4) is 0 Å². The molecule has 1 amide bonds. The third-order valence-corrected chi connectivity index (χ3v) is 8.43. The van der Waals surface area contributed by atoms with Crippen LogP contribution in [-0.4, -0.2) is 43.6 Å². The van der Waals surface area contributed by atoms with E-state index in [1.54, 1.807) is 24.3 Å². The summed E-state index contributed by atoms with van der Waals surface area (Å²) in [5.41, 5.74) is 1.69. The van der Waals surface area contributed by atoms with Crippen molar-refractivity contribution in [3.05, 3.63) is 89.5 Å². The molecule has 8 nitrogen and oxygen atoms in total. The van der Waals surface area contributed by atoms with Crippen LogP contribution in [0.4, 0.5) is 5.69 Å². The maximum absolute atomic E-state index is 13.5. The molecule has 1 atom stereocenters. The second-order valence-electron chi connectivity index (χ2n) is 8.74. The van der Waals surface area contributed by atoms with E-state index in [0.717, 1.165) is 5.56 Å². The number of rotatable bonds is 7. The number of carbonyl (C=O) groups is 2. The molecule has 0 saturated carbocycles. The predicted octanol–water partition coefficient (Wildman–Crippen LogP) is 3.52. The Labute approximate surface area is 209 Å². The topological polar surface area (TPSA) is 108 Å². The van der Waals surface area contributed by atoms with Crippen LogP contribution < -0.4 is 9.64 Å². The molecule has 36 heavy (non-hydrogen) atoms. The van der Waals surface area contributed by atoms with Gasteiger partial charge in [0.15, 0.2) is 0 Å². The zero-order chi connectivity index (χ0) is 25.3. The van der Waals surface area contributed by atoms with Gasteiger partial charge in [0.2, 0.25) is 10.0 Å². The van der Waals surface area contributed by atoms with Gasteiger partial charge in [-0.3, -0.25) is 9.59 Å². The molecule has 0 aromatic heterocycles.